The second-order valence-corrected chi connectivity index (χ2v) is 6.49. The number of thiophene rings is 1. The summed E-state index contributed by atoms with van der Waals surface area (Å²) in [6.07, 6.45) is 1.86. The van der Waals surface area contributed by atoms with Crippen molar-refractivity contribution in [1.29, 1.82) is 0 Å². The van der Waals surface area contributed by atoms with Gasteiger partial charge in [-0.15, -0.1) is 11.3 Å². The largest absolute Gasteiger partial charge is 0.387 e. The molecule has 4 heteroatoms. The Morgan fingerprint density at radius 1 is 1.41 bits per heavy atom. The van der Waals surface area contributed by atoms with Gasteiger partial charge in [0.1, 0.15) is 0 Å². The summed E-state index contributed by atoms with van der Waals surface area (Å²) in [4.78, 5) is 5.29. The minimum atomic E-state index is -0.474. The van der Waals surface area contributed by atoms with Crippen LogP contribution < -0.4 is 0 Å². The van der Waals surface area contributed by atoms with E-state index in [0.717, 1.165) is 19.9 Å². The van der Waals surface area contributed by atoms with E-state index in [4.69, 9.17) is 0 Å². The summed E-state index contributed by atoms with van der Waals surface area (Å²) in [6, 6.07) is 5.96. The van der Waals surface area contributed by atoms with Crippen LogP contribution in [-0.4, -0.2) is 10.1 Å². The van der Waals surface area contributed by atoms with E-state index < -0.39 is 6.10 Å². The van der Waals surface area contributed by atoms with Gasteiger partial charge in [-0.25, -0.2) is 0 Å². The summed E-state index contributed by atoms with van der Waals surface area (Å²) >= 11 is 5.06. The van der Waals surface area contributed by atoms with E-state index in [0.29, 0.717) is 6.42 Å². The van der Waals surface area contributed by atoms with Crippen molar-refractivity contribution in [3.05, 3.63) is 49.9 Å². The van der Waals surface area contributed by atoms with E-state index in [1.807, 2.05) is 32.0 Å². The van der Waals surface area contributed by atoms with Crippen molar-refractivity contribution < 1.29 is 5.11 Å². The highest BCUT2D eigenvalue weighted by atomic mass is 79.9. The molecule has 0 spiro atoms. The molecule has 2 heterocycles. The molecule has 2 nitrogen and oxygen atoms in total. The molecule has 1 unspecified atom stereocenters. The van der Waals surface area contributed by atoms with E-state index in [9.17, 15) is 5.11 Å². The van der Waals surface area contributed by atoms with Gasteiger partial charge >= 0.3 is 0 Å². The molecule has 2 aromatic rings. The van der Waals surface area contributed by atoms with Crippen LogP contribution in [0.5, 0.6) is 0 Å². The van der Waals surface area contributed by atoms with Crippen LogP contribution in [0.3, 0.4) is 0 Å². The zero-order valence-corrected chi connectivity index (χ0v) is 12.2. The molecule has 2 aromatic heterocycles. The van der Waals surface area contributed by atoms with Gasteiger partial charge in [-0.1, -0.05) is 6.07 Å². The molecule has 90 valence electrons. The summed E-state index contributed by atoms with van der Waals surface area (Å²) in [6.45, 7) is 4.05. The van der Waals surface area contributed by atoms with Crippen LogP contribution in [0.15, 0.2) is 28.2 Å². The Bertz CT molecular complexity index is 504. The second kappa shape index (κ2) is 5.29. The minimum Gasteiger partial charge on any atom is -0.387 e. The molecule has 0 aromatic carbocycles. The van der Waals surface area contributed by atoms with E-state index in [2.05, 4.69) is 20.9 Å². The van der Waals surface area contributed by atoms with Crippen molar-refractivity contribution in [3.8, 4) is 0 Å². The molecule has 0 fully saturated rings. The molecular formula is C13H14BrNOS. The molecule has 2 rings (SSSR count). The number of aryl methyl sites for hydroxylation is 2. The number of aromatic nitrogens is 1. The molecular weight excluding hydrogens is 298 g/mol. The lowest BCUT2D eigenvalue weighted by molar-refractivity contribution is 0.181. The van der Waals surface area contributed by atoms with Crippen molar-refractivity contribution in [2.45, 2.75) is 26.4 Å². The van der Waals surface area contributed by atoms with Crippen LogP contribution in [0.1, 0.15) is 27.8 Å². The average molecular weight is 312 g/mol. The topological polar surface area (TPSA) is 33.1 Å². The predicted octanol–water partition coefficient (Wildman–Crippen LogP) is 3.80. The van der Waals surface area contributed by atoms with E-state index in [1.165, 1.54) is 5.56 Å². The first kappa shape index (κ1) is 12.7. The fraction of sp³-hybridized carbons (Fsp3) is 0.308. The third kappa shape index (κ3) is 2.94. The highest BCUT2D eigenvalue weighted by molar-refractivity contribution is 9.11. The van der Waals surface area contributed by atoms with Crippen molar-refractivity contribution >= 4 is 27.3 Å². The summed E-state index contributed by atoms with van der Waals surface area (Å²) in [5.74, 6) is 0. The molecule has 0 radical (unpaired) electrons. The van der Waals surface area contributed by atoms with E-state index in [-0.39, 0.29) is 0 Å². The first-order valence-electron chi connectivity index (χ1n) is 5.42. The summed E-state index contributed by atoms with van der Waals surface area (Å²) < 4.78 is 1.09. The van der Waals surface area contributed by atoms with Gasteiger partial charge in [0, 0.05) is 23.2 Å². The van der Waals surface area contributed by atoms with Crippen molar-refractivity contribution in [2.75, 3.05) is 0 Å². The number of hydrogen-bond acceptors (Lipinski definition) is 3. The second-order valence-electron chi connectivity index (χ2n) is 4.09. The Labute approximate surface area is 113 Å². The third-order valence-electron chi connectivity index (χ3n) is 2.71. The van der Waals surface area contributed by atoms with Gasteiger partial charge in [-0.3, -0.25) is 4.98 Å². The fourth-order valence-electron chi connectivity index (χ4n) is 1.66. The lowest BCUT2D eigenvalue weighted by Crippen LogP contribution is -2.03. The summed E-state index contributed by atoms with van der Waals surface area (Å²) in [7, 11) is 0. The number of rotatable bonds is 3. The molecule has 1 N–H and O–H groups in total. The molecule has 0 aliphatic heterocycles. The molecule has 0 saturated carbocycles. The number of halogens is 1. The SMILES string of the molecule is Cc1cccnc1CC(O)c1cc(C)c(Br)s1. The summed E-state index contributed by atoms with van der Waals surface area (Å²) in [5, 5.41) is 10.2. The van der Waals surface area contributed by atoms with Gasteiger partial charge in [0.25, 0.3) is 0 Å². The number of nitrogens with zero attached hydrogens (tertiary/aromatic N) is 1. The van der Waals surface area contributed by atoms with Gasteiger partial charge in [-0.05, 0) is 53.0 Å². The maximum atomic E-state index is 10.2. The van der Waals surface area contributed by atoms with Crippen molar-refractivity contribution in [3.63, 3.8) is 0 Å². The number of aliphatic hydroxyl groups is 1. The molecule has 0 amide bonds. The van der Waals surface area contributed by atoms with Crippen LogP contribution in [0.4, 0.5) is 0 Å². The maximum Gasteiger partial charge on any atom is 0.0937 e. The van der Waals surface area contributed by atoms with Crippen LogP contribution in [0, 0.1) is 13.8 Å². The Morgan fingerprint density at radius 3 is 2.76 bits per heavy atom. The Morgan fingerprint density at radius 2 is 2.18 bits per heavy atom. The molecule has 0 saturated heterocycles. The monoisotopic (exact) mass is 311 g/mol. The van der Waals surface area contributed by atoms with Gasteiger partial charge in [0.15, 0.2) is 0 Å². The number of aliphatic hydroxyl groups excluding tert-OH is 1. The van der Waals surface area contributed by atoms with Crippen LogP contribution in [0.2, 0.25) is 0 Å². The molecule has 17 heavy (non-hydrogen) atoms. The molecule has 0 aliphatic carbocycles. The lowest BCUT2D eigenvalue weighted by atomic mass is 10.1. The average Bonchev–Trinajstić information content (AvgIpc) is 2.63. The Kier molecular flexibility index (Phi) is 3.97. The zero-order chi connectivity index (χ0) is 12.4. The number of pyridine rings is 1. The third-order valence-corrected chi connectivity index (χ3v) is 4.95. The smallest absolute Gasteiger partial charge is 0.0937 e. The van der Waals surface area contributed by atoms with Crippen LogP contribution >= 0.6 is 27.3 Å². The first-order chi connectivity index (χ1) is 8.08. The zero-order valence-electron chi connectivity index (χ0n) is 9.77. The Balaban J connectivity index is 2.17. The summed E-state index contributed by atoms with van der Waals surface area (Å²) in [5.41, 5.74) is 3.25. The van der Waals surface area contributed by atoms with Crippen molar-refractivity contribution in [1.82, 2.24) is 4.98 Å². The first-order valence-corrected chi connectivity index (χ1v) is 7.03. The highest BCUT2D eigenvalue weighted by Crippen LogP contribution is 2.32. The fourth-order valence-corrected chi connectivity index (χ4v) is 3.22. The lowest BCUT2D eigenvalue weighted by Gasteiger charge is -2.09. The van der Waals surface area contributed by atoms with Crippen LogP contribution in [-0.2, 0) is 6.42 Å². The molecule has 1 atom stereocenters. The quantitative estimate of drug-likeness (QED) is 0.935. The molecule has 0 bridgehead atoms. The van der Waals surface area contributed by atoms with Gasteiger partial charge in [-0.2, -0.15) is 0 Å². The number of hydrogen-bond donors (Lipinski definition) is 1. The standard InChI is InChI=1S/C13H14BrNOS/c1-8-4-3-5-15-10(8)7-11(16)12-6-9(2)13(14)17-12/h3-6,11,16H,7H2,1-2H3. The maximum absolute atomic E-state index is 10.2. The molecule has 0 aliphatic rings. The van der Waals surface area contributed by atoms with Gasteiger partial charge in [0.2, 0.25) is 0 Å². The van der Waals surface area contributed by atoms with Gasteiger partial charge < -0.3 is 5.11 Å². The van der Waals surface area contributed by atoms with E-state index in [1.54, 1.807) is 17.5 Å². The predicted molar refractivity (Wildman–Crippen MR) is 74.4 cm³/mol. The highest BCUT2D eigenvalue weighted by Gasteiger charge is 2.14. The van der Waals surface area contributed by atoms with Gasteiger partial charge in [0.05, 0.1) is 9.89 Å². The van der Waals surface area contributed by atoms with Crippen molar-refractivity contribution in [2.24, 2.45) is 0 Å². The normalized spacial score (nSPS) is 12.7. The minimum absolute atomic E-state index is 0.474. The van der Waals surface area contributed by atoms with Crippen LogP contribution in [0.25, 0.3) is 0 Å². The van der Waals surface area contributed by atoms with E-state index >= 15 is 0 Å². The Hall–Kier alpha value is -0.710.